The van der Waals surface area contributed by atoms with E-state index < -0.39 is 47.9 Å². The van der Waals surface area contributed by atoms with Crippen molar-refractivity contribution in [1.29, 1.82) is 0 Å². The van der Waals surface area contributed by atoms with E-state index in [1.165, 1.54) is 13.2 Å². The minimum Gasteiger partial charge on any atom is -0.494 e. The van der Waals surface area contributed by atoms with E-state index in [0.29, 0.717) is 11.3 Å². The van der Waals surface area contributed by atoms with E-state index in [-0.39, 0.29) is 47.7 Å². The lowest BCUT2D eigenvalue weighted by molar-refractivity contribution is -0.175. The monoisotopic (exact) mass is 672 g/mol. The van der Waals surface area contributed by atoms with Crippen molar-refractivity contribution in [3.05, 3.63) is 81.9 Å². The summed E-state index contributed by atoms with van der Waals surface area (Å²) in [6.07, 6.45) is 5.48. The van der Waals surface area contributed by atoms with Gasteiger partial charge in [-0.1, -0.05) is 99.5 Å². The van der Waals surface area contributed by atoms with Gasteiger partial charge < -0.3 is 24.8 Å². The number of carbonyl (C=O) groups excluding carboxylic acids is 4. The molecule has 5 atom stereocenters. The van der Waals surface area contributed by atoms with Crippen LogP contribution >= 0.6 is 23.2 Å². The highest BCUT2D eigenvalue weighted by Crippen LogP contribution is 2.34. The Bertz CT molecular complexity index is 1400. The minimum absolute atomic E-state index is 0.0316. The van der Waals surface area contributed by atoms with Crippen LogP contribution in [0, 0.1) is 17.8 Å². The van der Waals surface area contributed by atoms with Gasteiger partial charge in [0, 0.05) is 25.3 Å². The lowest BCUT2D eigenvalue weighted by atomic mass is 9.99. The number of cyclic esters (lactones) is 2. The second-order valence-corrected chi connectivity index (χ2v) is 12.6. The Morgan fingerprint density at radius 2 is 1.67 bits per heavy atom. The molecule has 46 heavy (non-hydrogen) atoms. The molecular weight excluding hydrogens is 631 g/mol. The van der Waals surface area contributed by atoms with Crippen molar-refractivity contribution < 1.29 is 33.4 Å². The van der Waals surface area contributed by atoms with Crippen molar-refractivity contribution in [2.75, 3.05) is 13.7 Å². The van der Waals surface area contributed by atoms with Gasteiger partial charge in [0.25, 0.3) is 0 Å². The molecule has 0 unspecified atom stereocenters. The summed E-state index contributed by atoms with van der Waals surface area (Å²) in [4.78, 5) is 52.8. The highest BCUT2D eigenvalue weighted by atomic mass is 35.5. The maximum absolute atomic E-state index is 13.4. The molecule has 3 rings (SSSR count). The second kappa shape index (κ2) is 17.8. The standard InChI is InChI=1S/C35H42Cl2N2O7/c1-21(2)16-30-35(43)45-29(22(3)14-15-24-10-7-6-8-11-24)12-9-13-31(40)39-28(33(41)38-20-23(4)34(42)46-30)19-25-17-26(36)32(44-5)27(37)18-25/h6-11,13-15,17-18,21-23,28-30H,12,16,19-20H2,1-5H3,(H,38,41)(H,39,40)/b13-9?,15-14+/t22-,23-,28-,29+,30+/m1/s1. The number of ether oxygens (including phenoxy) is 3. The average molecular weight is 674 g/mol. The Morgan fingerprint density at radius 1 is 1.00 bits per heavy atom. The number of halogens is 2. The third-order valence-corrected chi connectivity index (χ3v) is 7.97. The summed E-state index contributed by atoms with van der Waals surface area (Å²) in [5.74, 6) is -3.08. The topological polar surface area (TPSA) is 120 Å². The third-order valence-electron chi connectivity index (χ3n) is 7.41. The van der Waals surface area contributed by atoms with Crippen LogP contribution < -0.4 is 15.4 Å². The SMILES string of the molecule is COc1c(Cl)cc(C[C@H]2NC(=O)C=CC[C@@H]([C@H](C)/C=C/c3ccccc3)OC(=O)[C@H](CC(C)C)OC(=O)[C@H](C)CNC2=O)cc1Cl. The van der Waals surface area contributed by atoms with Gasteiger partial charge in [-0.25, -0.2) is 4.79 Å². The number of methoxy groups -OCH3 is 1. The van der Waals surface area contributed by atoms with E-state index in [9.17, 15) is 19.2 Å². The molecule has 11 heteroatoms. The Kier molecular flexibility index (Phi) is 14.2. The molecule has 0 spiro atoms. The Labute approximate surface area is 280 Å². The molecule has 0 saturated heterocycles. The molecule has 0 aromatic heterocycles. The number of hydrogen-bond acceptors (Lipinski definition) is 7. The molecule has 2 amide bonds. The van der Waals surface area contributed by atoms with Gasteiger partial charge in [0.2, 0.25) is 11.8 Å². The average Bonchev–Trinajstić information content (AvgIpc) is 3.00. The molecule has 2 N–H and O–H groups in total. The van der Waals surface area contributed by atoms with Gasteiger partial charge in [-0.15, -0.1) is 0 Å². The maximum Gasteiger partial charge on any atom is 0.347 e. The predicted molar refractivity (Wildman–Crippen MR) is 178 cm³/mol. The van der Waals surface area contributed by atoms with Crippen LogP contribution in [0.2, 0.25) is 10.0 Å². The smallest absolute Gasteiger partial charge is 0.347 e. The van der Waals surface area contributed by atoms with Crippen LogP contribution in [-0.4, -0.2) is 55.7 Å². The lowest BCUT2D eigenvalue weighted by Gasteiger charge is -2.26. The zero-order valence-corrected chi connectivity index (χ0v) is 28.3. The van der Waals surface area contributed by atoms with E-state index in [0.717, 1.165) is 5.56 Å². The summed E-state index contributed by atoms with van der Waals surface area (Å²) in [5.41, 5.74) is 1.57. The molecule has 0 bridgehead atoms. The van der Waals surface area contributed by atoms with Crippen molar-refractivity contribution in [2.24, 2.45) is 17.8 Å². The molecule has 1 heterocycles. The van der Waals surface area contributed by atoms with Crippen molar-refractivity contribution in [3.63, 3.8) is 0 Å². The van der Waals surface area contributed by atoms with E-state index in [1.54, 1.807) is 25.1 Å². The number of benzene rings is 2. The highest BCUT2D eigenvalue weighted by Gasteiger charge is 2.32. The summed E-state index contributed by atoms with van der Waals surface area (Å²) in [6, 6.07) is 11.9. The van der Waals surface area contributed by atoms with Crippen LogP contribution in [0.4, 0.5) is 0 Å². The molecule has 2 aromatic carbocycles. The van der Waals surface area contributed by atoms with E-state index in [1.807, 2.05) is 63.3 Å². The molecule has 2 aromatic rings. The van der Waals surface area contributed by atoms with Crippen molar-refractivity contribution >= 4 is 53.0 Å². The zero-order valence-electron chi connectivity index (χ0n) is 26.8. The predicted octanol–water partition coefficient (Wildman–Crippen LogP) is 5.96. The molecule has 1 aliphatic rings. The van der Waals surface area contributed by atoms with Gasteiger partial charge in [-0.05, 0) is 41.7 Å². The molecule has 0 aliphatic carbocycles. The lowest BCUT2D eigenvalue weighted by Crippen LogP contribution is -2.49. The third kappa shape index (κ3) is 11.2. The van der Waals surface area contributed by atoms with Crippen LogP contribution in [0.1, 0.15) is 51.7 Å². The fraction of sp³-hybridized carbons (Fsp3) is 0.429. The second-order valence-electron chi connectivity index (χ2n) is 11.8. The van der Waals surface area contributed by atoms with Crippen molar-refractivity contribution in [3.8, 4) is 5.75 Å². The van der Waals surface area contributed by atoms with Gasteiger partial charge in [-0.3, -0.25) is 14.4 Å². The number of carbonyl (C=O) groups is 4. The van der Waals surface area contributed by atoms with Gasteiger partial charge in [-0.2, -0.15) is 0 Å². The van der Waals surface area contributed by atoms with Crippen LogP contribution in [0.5, 0.6) is 5.75 Å². The fourth-order valence-corrected chi connectivity index (χ4v) is 5.47. The Morgan fingerprint density at radius 3 is 2.30 bits per heavy atom. The van der Waals surface area contributed by atoms with E-state index >= 15 is 0 Å². The zero-order chi connectivity index (χ0) is 33.8. The van der Waals surface area contributed by atoms with Crippen LogP contribution in [-0.2, 0) is 35.1 Å². The summed E-state index contributed by atoms with van der Waals surface area (Å²) >= 11 is 12.6. The summed E-state index contributed by atoms with van der Waals surface area (Å²) in [5, 5.41) is 5.95. The maximum atomic E-state index is 13.4. The highest BCUT2D eigenvalue weighted by molar-refractivity contribution is 6.37. The first kappa shape index (κ1) is 36.6. The van der Waals surface area contributed by atoms with E-state index in [4.69, 9.17) is 37.4 Å². The Balaban J connectivity index is 1.91. The summed E-state index contributed by atoms with van der Waals surface area (Å²) in [7, 11) is 1.44. The molecule has 9 nitrogen and oxygen atoms in total. The van der Waals surface area contributed by atoms with E-state index in [2.05, 4.69) is 10.6 Å². The molecule has 0 radical (unpaired) electrons. The molecule has 248 valence electrons. The summed E-state index contributed by atoms with van der Waals surface area (Å²) in [6.45, 7) is 7.23. The number of nitrogens with one attached hydrogen (secondary N) is 2. The molecular formula is C35H42Cl2N2O7. The first-order valence-electron chi connectivity index (χ1n) is 15.3. The molecule has 1 aliphatic heterocycles. The first-order valence-corrected chi connectivity index (χ1v) is 16.0. The number of hydrogen-bond donors (Lipinski definition) is 2. The number of esters is 2. The summed E-state index contributed by atoms with van der Waals surface area (Å²) < 4.78 is 16.8. The van der Waals surface area contributed by atoms with Crippen LogP contribution in [0.3, 0.4) is 0 Å². The normalized spacial score (nSPS) is 22.6. The molecule has 0 fully saturated rings. The number of amides is 2. The van der Waals surface area contributed by atoms with Gasteiger partial charge in [0.15, 0.2) is 11.9 Å². The fourth-order valence-electron chi connectivity index (χ4n) is 4.78. The van der Waals surface area contributed by atoms with Gasteiger partial charge in [0.05, 0.1) is 23.1 Å². The first-order chi connectivity index (χ1) is 21.9. The van der Waals surface area contributed by atoms with Crippen molar-refractivity contribution in [1.82, 2.24) is 10.6 Å². The van der Waals surface area contributed by atoms with Crippen molar-refractivity contribution in [2.45, 2.75) is 65.2 Å². The largest absolute Gasteiger partial charge is 0.494 e. The number of rotatable bonds is 8. The van der Waals surface area contributed by atoms with Crippen LogP contribution in [0.15, 0.2) is 60.7 Å². The Hall–Kier alpha value is -3.82. The minimum atomic E-state index is -1.13. The quantitative estimate of drug-likeness (QED) is 0.332. The van der Waals surface area contributed by atoms with Gasteiger partial charge >= 0.3 is 11.9 Å². The van der Waals surface area contributed by atoms with Gasteiger partial charge in [0.1, 0.15) is 12.1 Å². The van der Waals surface area contributed by atoms with Crippen LogP contribution in [0.25, 0.3) is 6.08 Å². The molecule has 0 saturated carbocycles.